The Morgan fingerprint density at radius 1 is 1.29 bits per heavy atom. The lowest BCUT2D eigenvalue weighted by molar-refractivity contribution is -0.121. The molecule has 1 atom stereocenters. The normalized spacial score (nSPS) is 21.1. The van der Waals surface area contributed by atoms with Gasteiger partial charge in [0.15, 0.2) is 0 Å². The third-order valence-electron chi connectivity index (χ3n) is 3.65. The van der Waals surface area contributed by atoms with E-state index in [-0.39, 0.29) is 5.91 Å². The summed E-state index contributed by atoms with van der Waals surface area (Å²) in [7, 11) is 1.51. The number of nitrogens with one attached hydrogen (secondary N) is 2. The van der Waals surface area contributed by atoms with Gasteiger partial charge in [-0.25, -0.2) is 4.79 Å². The highest BCUT2D eigenvalue weighted by atomic mass is 16.2. The van der Waals surface area contributed by atoms with E-state index in [0.717, 1.165) is 5.92 Å². The van der Waals surface area contributed by atoms with Gasteiger partial charge in [0.2, 0.25) is 5.91 Å². The van der Waals surface area contributed by atoms with Crippen molar-refractivity contribution in [1.29, 1.82) is 0 Å². The molecular weight excluding hydrogens is 218 g/mol. The van der Waals surface area contributed by atoms with Crippen LogP contribution in [0.5, 0.6) is 0 Å². The summed E-state index contributed by atoms with van der Waals surface area (Å²) in [6.45, 7) is 2.54. The lowest BCUT2D eigenvalue weighted by Gasteiger charge is -2.28. The van der Waals surface area contributed by atoms with Crippen molar-refractivity contribution >= 4 is 11.9 Å². The van der Waals surface area contributed by atoms with Crippen LogP contribution in [-0.4, -0.2) is 42.5 Å². The zero-order chi connectivity index (χ0) is 12.4. The summed E-state index contributed by atoms with van der Waals surface area (Å²) in [5.41, 5.74) is 0. The highest BCUT2D eigenvalue weighted by Crippen LogP contribution is 2.39. The second kappa shape index (κ2) is 5.04. The SMILES string of the molecule is CNC(=O)NC(=O)CN(C1CC1)C(C)C1CC1. The van der Waals surface area contributed by atoms with Gasteiger partial charge in [0, 0.05) is 19.1 Å². The molecule has 3 amide bonds. The van der Waals surface area contributed by atoms with Gasteiger partial charge in [0.1, 0.15) is 0 Å². The number of carbonyl (C=O) groups is 2. The summed E-state index contributed by atoms with van der Waals surface area (Å²) in [4.78, 5) is 25.0. The molecule has 2 saturated carbocycles. The Balaban J connectivity index is 1.84. The number of rotatable bonds is 5. The standard InChI is InChI=1S/C12H21N3O2/c1-8(9-3-4-9)15(10-5-6-10)7-11(16)14-12(17)13-2/h8-10H,3-7H2,1-2H3,(H2,13,14,16,17). The minimum Gasteiger partial charge on any atom is -0.341 e. The molecule has 0 aromatic rings. The monoisotopic (exact) mass is 239 g/mol. The van der Waals surface area contributed by atoms with Crippen molar-refractivity contribution in [3.05, 3.63) is 0 Å². The van der Waals surface area contributed by atoms with Crippen LogP contribution in [0.3, 0.4) is 0 Å². The second-order valence-corrected chi connectivity index (χ2v) is 5.11. The van der Waals surface area contributed by atoms with Crippen molar-refractivity contribution in [2.75, 3.05) is 13.6 Å². The first-order valence-corrected chi connectivity index (χ1v) is 6.39. The molecule has 2 fully saturated rings. The highest BCUT2D eigenvalue weighted by molar-refractivity contribution is 5.95. The van der Waals surface area contributed by atoms with Crippen molar-refractivity contribution in [3.8, 4) is 0 Å². The molecule has 5 nitrogen and oxygen atoms in total. The summed E-state index contributed by atoms with van der Waals surface area (Å²) in [5, 5.41) is 4.72. The fourth-order valence-corrected chi connectivity index (χ4v) is 2.26. The van der Waals surface area contributed by atoms with Crippen LogP contribution in [-0.2, 0) is 4.79 Å². The second-order valence-electron chi connectivity index (χ2n) is 5.11. The van der Waals surface area contributed by atoms with Crippen LogP contribution >= 0.6 is 0 Å². The molecule has 2 N–H and O–H groups in total. The quantitative estimate of drug-likeness (QED) is 0.742. The molecule has 1 unspecified atom stereocenters. The average Bonchev–Trinajstić information content (AvgIpc) is 3.17. The Morgan fingerprint density at radius 2 is 1.94 bits per heavy atom. The molecule has 0 heterocycles. The van der Waals surface area contributed by atoms with Crippen molar-refractivity contribution in [1.82, 2.24) is 15.5 Å². The first-order chi connectivity index (χ1) is 8.11. The highest BCUT2D eigenvalue weighted by Gasteiger charge is 2.39. The Kier molecular flexibility index (Phi) is 3.66. The average molecular weight is 239 g/mol. The van der Waals surface area contributed by atoms with E-state index < -0.39 is 6.03 Å². The summed E-state index contributed by atoms with van der Waals surface area (Å²) < 4.78 is 0. The smallest absolute Gasteiger partial charge is 0.321 e. The van der Waals surface area contributed by atoms with Gasteiger partial charge in [0.25, 0.3) is 0 Å². The third kappa shape index (κ3) is 3.43. The molecule has 0 aromatic carbocycles. The van der Waals surface area contributed by atoms with Crippen molar-refractivity contribution < 1.29 is 9.59 Å². The number of hydrogen-bond donors (Lipinski definition) is 2. The Labute approximate surface area is 102 Å². The zero-order valence-electron chi connectivity index (χ0n) is 10.5. The van der Waals surface area contributed by atoms with Crippen molar-refractivity contribution in [2.45, 2.75) is 44.7 Å². The fourth-order valence-electron chi connectivity index (χ4n) is 2.26. The van der Waals surface area contributed by atoms with E-state index in [1.165, 1.54) is 32.7 Å². The lowest BCUT2D eigenvalue weighted by Crippen LogP contribution is -2.47. The predicted molar refractivity (Wildman–Crippen MR) is 64.5 cm³/mol. The minimum atomic E-state index is -0.426. The van der Waals surface area contributed by atoms with E-state index >= 15 is 0 Å². The topological polar surface area (TPSA) is 61.4 Å². The molecule has 5 heteroatoms. The van der Waals surface area contributed by atoms with E-state index in [0.29, 0.717) is 18.6 Å². The van der Waals surface area contributed by atoms with Crippen LogP contribution < -0.4 is 10.6 Å². The largest absolute Gasteiger partial charge is 0.341 e. The molecule has 2 aliphatic carbocycles. The number of imide groups is 1. The number of amides is 3. The van der Waals surface area contributed by atoms with Gasteiger partial charge < -0.3 is 5.32 Å². The zero-order valence-corrected chi connectivity index (χ0v) is 10.5. The number of urea groups is 1. The van der Waals surface area contributed by atoms with E-state index in [4.69, 9.17) is 0 Å². The van der Waals surface area contributed by atoms with Crippen molar-refractivity contribution in [3.63, 3.8) is 0 Å². The molecule has 0 aromatic heterocycles. The molecule has 0 bridgehead atoms. The Hall–Kier alpha value is -1.10. The van der Waals surface area contributed by atoms with Crippen LogP contribution in [0.2, 0.25) is 0 Å². The molecule has 2 aliphatic rings. The van der Waals surface area contributed by atoms with E-state index in [9.17, 15) is 9.59 Å². The van der Waals surface area contributed by atoms with Gasteiger partial charge >= 0.3 is 6.03 Å². The minimum absolute atomic E-state index is 0.205. The number of hydrogen-bond acceptors (Lipinski definition) is 3. The molecule has 2 rings (SSSR count). The lowest BCUT2D eigenvalue weighted by atomic mass is 10.2. The van der Waals surface area contributed by atoms with E-state index in [1.54, 1.807) is 0 Å². The maximum absolute atomic E-state index is 11.7. The van der Waals surface area contributed by atoms with Crippen molar-refractivity contribution in [2.24, 2.45) is 5.92 Å². The Bertz CT molecular complexity index is 311. The van der Waals surface area contributed by atoms with E-state index in [2.05, 4.69) is 22.5 Å². The molecule has 96 valence electrons. The first kappa shape index (κ1) is 12.4. The first-order valence-electron chi connectivity index (χ1n) is 6.39. The summed E-state index contributed by atoms with van der Waals surface area (Å²) >= 11 is 0. The van der Waals surface area contributed by atoms with Gasteiger partial charge in [-0.15, -0.1) is 0 Å². The summed E-state index contributed by atoms with van der Waals surface area (Å²) in [5.74, 6) is 0.548. The molecular formula is C12H21N3O2. The van der Waals surface area contributed by atoms with Gasteiger partial charge in [-0.3, -0.25) is 15.0 Å². The van der Waals surface area contributed by atoms with Crippen LogP contribution in [0.15, 0.2) is 0 Å². The summed E-state index contributed by atoms with van der Waals surface area (Å²) in [6, 6.07) is 0.601. The fraction of sp³-hybridized carbons (Fsp3) is 0.833. The number of nitrogens with zero attached hydrogens (tertiary/aromatic N) is 1. The van der Waals surface area contributed by atoms with E-state index in [1.807, 2.05) is 0 Å². The molecule has 17 heavy (non-hydrogen) atoms. The molecule has 0 aliphatic heterocycles. The maximum atomic E-state index is 11.7. The van der Waals surface area contributed by atoms with Gasteiger partial charge in [-0.05, 0) is 38.5 Å². The molecule has 0 radical (unpaired) electrons. The van der Waals surface area contributed by atoms with Crippen LogP contribution in [0.25, 0.3) is 0 Å². The van der Waals surface area contributed by atoms with Crippen LogP contribution in [0.4, 0.5) is 4.79 Å². The Morgan fingerprint density at radius 3 is 2.41 bits per heavy atom. The molecule has 0 saturated heterocycles. The number of carbonyl (C=O) groups excluding carboxylic acids is 2. The molecule has 0 spiro atoms. The summed E-state index contributed by atoms with van der Waals surface area (Å²) in [6.07, 6.45) is 4.93. The van der Waals surface area contributed by atoms with Gasteiger partial charge in [-0.2, -0.15) is 0 Å². The maximum Gasteiger partial charge on any atom is 0.321 e. The third-order valence-corrected chi connectivity index (χ3v) is 3.65. The van der Waals surface area contributed by atoms with Gasteiger partial charge in [0.05, 0.1) is 6.54 Å². The predicted octanol–water partition coefficient (Wildman–Crippen LogP) is 0.705. The van der Waals surface area contributed by atoms with Gasteiger partial charge in [-0.1, -0.05) is 0 Å². The van der Waals surface area contributed by atoms with Crippen LogP contribution in [0, 0.1) is 5.92 Å². The van der Waals surface area contributed by atoms with Crippen LogP contribution in [0.1, 0.15) is 32.6 Å².